The van der Waals surface area contributed by atoms with Gasteiger partial charge < -0.3 is 0 Å². The molecule has 0 aliphatic heterocycles. The van der Waals surface area contributed by atoms with Gasteiger partial charge in [-0.05, 0) is 36.8 Å². The number of aryl methyl sites for hydroxylation is 1. The average molecular weight is 328 g/mol. The summed E-state index contributed by atoms with van der Waals surface area (Å²) in [6, 6.07) is 8.73. The molecule has 1 aromatic carbocycles. The SMILES string of the molecule is C=C(CCC)C[C@@H](CI)c1ccccc1C. The van der Waals surface area contributed by atoms with Crippen molar-refractivity contribution in [1.82, 2.24) is 0 Å². The molecular weight excluding hydrogens is 307 g/mol. The van der Waals surface area contributed by atoms with Crippen LogP contribution in [0, 0.1) is 6.92 Å². The summed E-state index contributed by atoms with van der Waals surface area (Å²) in [5, 5.41) is 0. The summed E-state index contributed by atoms with van der Waals surface area (Å²) in [5.41, 5.74) is 4.30. The van der Waals surface area contributed by atoms with E-state index in [-0.39, 0.29) is 0 Å². The van der Waals surface area contributed by atoms with Crippen molar-refractivity contribution in [1.29, 1.82) is 0 Å². The van der Waals surface area contributed by atoms with Gasteiger partial charge in [-0.15, -0.1) is 0 Å². The molecule has 0 amide bonds. The molecule has 0 heterocycles. The fourth-order valence-electron chi connectivity index (χ4n) is 2.10. The minimum atomic E-state index is 0.640. The van der Waals surface area contributed by atoms with Crippen LogP contribution in [0.15, 0.2) is 36.4 Å². The average Bonchev–Trinajstić information content (AvgIpc) is 2.27. The van der Waals surface area contributed by atoms with Gasteiger partial charge in [0.25, 0.3) is 0 Å². The van der Waals surface area contributed by atoms with Crippen molar-refractivity contribution in [3.05, 3.63) is 47.5 Å². The number of hydrogen-bond donors (Lipinski definition) is 0. The quantitative estimate of drug-likeness (QED) is 0.380. The van der Waals surface area contributed by atoms with Gasteiger partial charge in [-0.25, -0.2) is 0 Å². The first-order chi connectivity index (χ1) is 7.69. The van der Waals surface area contributed by atoms with Crippen LogP contribution in [0.25, 0.3) is 0 Å². The first kappa shape index (κ1) is 13.8. The minimum Gasteiger partial charge on any atom is -0.0998 e. The number of halogens is 1. The van der Waals surface area contributed by atoms with E-state index in [1.54, 1.807) is 0 Å². The van der Waals surface area contributed by atoms with Crippen molar-refractivity contribution in [2.75, 3.05) is 4.43 Å². The highest BCUT2D eigenvalue weighted by atomic mass is 127. The first-order valence-electron chi connectivity index (χ1n) is 5.97. The lowest BCUT2D eigenvalue weighted by atomic mass is 9.90. The Kier molecular flexibility index (Phi) is 6.10. The Balaban J connectivity index is 2.75. The molecule has 1 atom stereocenters. The van der Waals surface area contributed by atoms with E-state index in [1.807, 2.05) is 0 Å². The summed E-state index contributed by atoms with van der Waals surface area (Å²) < 4.78 is 1.17. The second kappa shape index (κ2) is 7.10. The second-order valence-electron chi connectivity index (χ2n) is 4.41. The zero-order valence-corrected chi connectivity index (χ0v) is 12.5. The van der Waals surface area contributed by atoms with Crippen molar-refractivity contribution in [3.8, 4) is 0 Å². The predicted octanol–water partition coefficient (Wildman–Crippen LogP) is 5.26. The highest BCUT2D eigenvalue weighted by Gasteiger charge is 2.13. The Morgan fingerprint density at radius 3 is 2.62 bits per heavy atom. The normalized spacial score (nSPS) is 12.4. The van der Waals surface area contributed by atoms with Gasteiger partial charge in [-0.1, -0.05) is 72.4 Å². The summed E-state index contributed by atoms with van der Waals surface area (Å²) in [4.78, 5) is 0. The summed E-state index contributed by atoms with van der Waals surface area (Å²) in [7, 11) is 0. The molecule has 0 aliphatic carbocycles. The number of allylic oxidation sites excluding steroid dienone is 1. The highest BCUT2D eigenvalue weighted by molar-refractivity contribution is 14.1. The van der Waals surface area contributed by atoms with Crippen LogP contribution in [0.3, 0.4) is 0 Å². The van der Waals surface area contributed by atoms with Gasteiger partial charge in [0, 0.05) is 4.43 Å². The van der Waals surface area contributed by atoms with Gasteiger partial charge in [-0.2, -0.15) is 0 Å². The van der Waals surface area contributed by atoms with Crippen LogP contribution in [0.2, 0.25) is 0 Å². The van der Waals surface area contributed by atoms with Crippen molar-refractivity contribution in [3.63, 3.8) is 0 Å². The molecule has 0 nitrogen and oxygen atoms in total. The molecule has 88 valence electrons. The van der Waals surface area contributed by atoms with Crippen molar-refractivity contribution < 1.29 is 0 Å². The van der Waals surface area contributed by atoms with Crippen LogP contribution in [0.1, 0.15) is 43.2 Å². The fourth-order valence-corrected chi connectivity index (χ4v) is 2.88. The maximum absolute atomic E-state index is 4.18. The first-order valence-corrected chi connectivity index (χ1v) is 7.49. The zero-order valence-electron chi connectivity index (χ0n) is 10.3. The summed E-state index contributed by atoms with van der Waals surface area (Å²) in [5.74, 6) is 0.640. The third-order valence-electron chi connectivity index (χ3n) is 2.95. The van der Waals surface area contributed by atoms with Crippen LogP contribution in [-0.2, 0) is 0 Å². The van der Waals surface area contributed by atoms with Crippen molar-refractivity contribution >= 4 is 22.6 Å². The largest absolute Gasteiger partial charge is 0.0998 e. The molecule has 1 rings (SSSR count). The summed E-state index contributed by atoms with van der Waals surface area (Å²) in [6.45, 7) is 8.61. The molecule has 1 heteroatoms. The maximum atomic E-state index is 4.18. The van der Waals surface area contributed by atoms with E-state index in [4.69, 9.17) is 0 Å². The number of hydrogen-bond acceptors (Lipinski definition) is 0. The topological polar surface area (TPSA) is 0 Å². The van der Waals surface area contributed by atoms with Crippen molar-refractivity contribution in [2.24, 2.45) is 0 Å². The maximum Gasteiger partial charge on any atom is 0.00674 e. The molecule has 0 fully saturated rings. The van der Waals surface area contributed by atoms with E-state index in [2.05, 4.69) is 67.3 Å². The van der Waals surface area contributed by atoms with E-state index in [1.165, 1.54) is 34.0 Å². The van der Waals surface area contributed by atoms with Crippen LogP contribution < -0.4 is 0 Å². The third-order valence-corrected chi connectivity index (χ3v) is 4.02. The van der Waals surface area contributed by atoms with Gasteiger partial charge in [0.05, 0.1) is 0 Å². The fraction of sp³-hybridized carbons (Fsp3) is 0.467. The lowest BCUT2D eigenvalue weighted by Crippen LogP contribution is -2.03. The molecule has 16 heavy (non-hydrogen) atoms. The van der Waals surface area contributed by atoms with E-state index in [0.717, 1.165) is 6.42 Å². The molecule has 0 radical (unpaired) electrons. The van der Waals surface area contributed by atoms with Gasteiger partial charge in [0.1, 0.15) is 0 Å². The molecule has 0 N–H and O–H groups in total. The van der Waals surface area contributed by atoms with Gasteiger partial charge in [0.15, 0.2) is 0 Å². The molecule has 1 aromatic rings. The van der Waals surface area contributed by atoms with E-state index in [0.29, 0.717) is 5.92 Å². The molecule has 0 saturated carbocycles. The molecule has 0 bridgehead atoms. The van der Waals surface area contributed by atoms with Gasteiger partial charge in [-0.3, -0.25) is 0 Å². The Morgan fingerprint density at radius 2 is 2.06 bits per heavy atom. The lowest BCUT2D eigenvalue weighted by Gasteiger charge is -2.18. The molecule has 0 aliphatic rings. The number of rotatable bonds is 6. The monoisotopic (exact) mass is 328 g/mol. The van der Waals surface area contributed by atoms with Crippen LogP contribution >= 0.6 is 22.6 Å². The number of benzene rings is 1. The highest BCUT2D eigenvalue weighted by Crippen LogP contribution is 2.28. The molecule has 0 unspecified atom stereocenters. The van der Waals surface area contributed by atoms with E-state index >= 15 is 0 Å². The molecular formula is C15H21I. The Labute approximate surface area is 113 Å². The second-order valence-corrected chi connectivity index (χ2v) is 5.29. The van der Waals surface area contributed by atoms with Crippen LogP contribution in [0.4, 0.5) is 0 Å². The molecule has 0 spiro atoms. The summed E-state index contributed by atoms with van der Waals surface area (Å²) in [6.07, 6.45) is 3.52. The van der Waals surface area contributed by atoms with E-state index < -0.39 is 0 Å². The number of alkyl halides is 1. The van der Waals surface area contributed by atoms with Crippen LogP contribution in [-0.4, -0.2) is 4.43 Å². The Bertz CT molecular complexity index is 341. The smallest absolute Gasteiger partial charge is 0.00674 e. The predicted molar refractivity (Wildman–Crippen MR) is 81.5 cm³/mol. The van der Waals surface area contributed by atoms with Gasteiger partial charge >= 0.3 is 0 Å². The standard InChI is InChI=1S/C15H21I/c1-4-7-12(2)10-14(11-16)15-9-6-5-8-13(15)3/h5-6,8-9,14H,2,4,7,10-11H2,1,3H3/t14-/m0/s1. The molecule has 0 saturated heterocycles. The zero-order chi connectivity index (χ0) is 12.0. The molecule has 0 aromatic heterocycles. The van der Waals surface area contributed by atoms with Crippen molar-refractivity contribution in [2.45, 2.75) is 39.0 Å². The Morgan fingerprint density at radius 1 is 1.38 bits per heavy atom. The third kappa shape index (κ3) is 3.93. The minimum absolute atomic E-state index is 0.640. The van der Waals surface area contributed by atoms with E-state index in [9.17, 15) is 0 Å². The Hall–Kier alpha value is -0.310. The van der Waals surface area contributed by atoms with Crippen LogP contribution in [0.5, 0.6) is 0 Å². The summed E-state index contributed by atoms with van der Waals surface area (Å²) >= 11 is 2.49. The lowest BCUT2D eigenvalue weighted by molar-refractivity contribution is 0.726. The van der Waals surface area contributed by atoms with Gasteiger partial charge in [0.2, 0.25) is 0 Å².